The van der Waals surface area contributed by atoms with Gasteiger partial charge in [0.25, 0.3) is 0 Å². The first kappa shape index (κ1) is 10.0. The Morgan fingerprint density at radius 3 is 2.50 bits per heavy atom. The third kappa shape index (κ3) is 2.76. The molecule has 2 heteroatoms. The first-order chi connectivity index (χ1) is 5.88. The summed E-state index contributed by atoms with van der Waals surface area (Å²) >= 11 is 0. The second-order valence-electron chi connectivity index (χ2n) is 3.62. The van der Waals surface area contributed by atoms with Crippen molar-refractivity contribution in [3.63, 3.8) is 0 Å². The highest BCUT2D eigenvalue weighted by Gasteiger charge is 2.19. The molecule has 0 aliphatic carbocycles. The SMILES string of the molecule is CC=C[SiH](CCC)N1CCCC1. The Kier molecular flexibility index (Phi) is 4.62. The van der Waals surface area contributed by atoms with Crippen LogP contribution in [-0.2, 0) is 0 Å². The highest BCUT2D eigenvalue weighted by Crippen LogP contribution is 2.13. The molecule has 1 atom stereocenters. The molecule has 0 N–H and O–H groups in total. The molecule has 0 spiro atoms. The van der Waals surface area contributed by atoms with Gasteiger partial charge < -0.3 is 4.57 Å². The minimum Gasteiger partial charge on any atom is -0.323 e. The van der Waals surface area contributed by atoms with Crippen LogP contribution in [-0.4, -0.2) is 26.6 Å². The van der Waals surface area contributed by atoms with E-state index in [9.17, 15) is 0 Å². The third-order valence-electron chi connectivity index (χ3n) is 2.61. The lowest BCUT2D eigenvalue weighted by Crippen LogP contribution is -2.35. The van der Waals surface area contributed by atoms with E-state index in [0.29, 0.717) is 0 Å². The van der Waals surface area contributed by atoms with Crippen LogP contribution in [0.1, 0.15) is 33.1 Å². The van der Waals surface area contributed by atoms with E-state index < -0.39 is 8.96 Å². The maximum atomic E-state index is 2.75. The van der Waals surface area contributed by atoms with Gasteiger partial charge in [-0.3, -0.25) is 0 Å². The van der Waals surface area contributed by atoms with Crippen LogP contribution in [0.25, 0.3) is 0 Å². The predicted octanol–water partition coefficient (Wildman–Crippen LogP) is 2.33. The number of nitrogens with zero attached hydrogens (tertiary/aromatic N) is 1. The summed E-state index contributed by atoms with van der Waals surface area (Å²) in [4.78, 5) is 0. The molecule has 1 unspecified atom stereocenters. The fourth-order valence-electron chi connectivity index (χ4n) is 1.99. The summed E-state index contributed by atoms with van der Waals surface area (Å²) < 4.78 is 2.75. The Bertz CT molecular complexity index is 139. The molecule has 1 saturated heterocycles. The van der Waals surface area contributed by atoms with Crippen LogP contribution in [0.4, 0.5) is 0 Å². The number of allylic oxidation sites excluding steroid dienone is 1. The van der Waals surface area contributed by atoms with Crippen molar-refractivity contribution < 1.29 is 0 Å². The van der Waals surface area contributed by atoms with Crippen LogP contribution in [0.3, 0.4) is 0 Å². The van der Waals surface area contributed by atoms with E-state index in [-0.39, 0.29) is 0 Å². The molecule has 0 amide bonds. The molecule has 1 rings (SSSR count). The van der Waals surface area contributed by atoms with Crippen LogP contribution < -0.4 is 0 Å². The zero-order valence-corrected chi connectivity index (χ0v) is 9.58. The fourth-order valence-corrected chi connectivity index (χ4v) is 4.86. The topological polar surface area (TPSA) is 3.24 Å². The van der Waals surface area contributed by atoms with Crippen molar-refractivity contribution in [1.29, 1.82) is 0 Å². The van der Waals surface area contributed by atoms with E-state index in [1.807, 2.05) is 0 Å². The van der Waals surface area contributed by atoms with E-state index in [1.165, 1.54) is 38.4 Å². The normalized spacial score (nSPS) is 22.2. The molecule has 0 aromatic heterocycles. The lowest BCUT2D eigenvalue weighted by atomic mass is 10.4. The molecule has 1 nitrogen and oxygen atoms in total. The lowest BCUT2D eigenvalue weighted by Gasteiger charge is -2.22. The van der Waals surface area contributed by atoms with E-state index in [2.05, 4.69) is 30.2 Å². The summed E-state index contributed by atoms with van der Waals surface area (Å²) in [5.74, 6) is 0. The Balaban J connectivity index is 2.39. The zero-order valence-electron chi connectivity index (χ0n) is 8.42. The molecule has 0 aromatic carbocycles. The van der Waals surface area contributed by atoms with Gasteiger partial charge in [-0.15, -0.1) is 0 Å². The quantitative estimate of drug-likeness (QED) is 0.605. The molecule has 1 heterocycles. The Morgan fingerprint density at radius 2 is 2.00 bits per heavy atom. The van der Waals surface area contributed by atoms with Gasteiger partial charge in [0.2, 0.25) is 0 Å². The second kappa shape index (κ2) is 5.54. The highest BCUT2D eigenvalue weighted by atomic mass is 28.3. The number of hydrogen-bond acceptors (Lipinski definition) is 1. The maximum absolute atomic E-state index is 2.75. The van der Waals surface area contributed by atoms with E-state index in [1.54, 1.807) is 0 Å². The highest BCUT2D eigenvalue weighted by molar-refractivity contribution is 6.61. The van der Waals surface area contributed by atoms with Crippen molar-refractivity contribution in [1.82, 2.24) is 4.57 Å². The maximum Gasteiger partial charge on any atom is 0.136 e. The van der Waals surface area contributed by atoms with Crippen molar-refractivity contribution in [2.24, 2.45) is 0 Å². The molecule has 0 aromatic rings. The van der Waals surface area contributed by atoms with Gasteiger partial charge >= 0.3 is 0 Å². The summed E-state index contributed by atoms with van der Waals surface area (Å²) in [6.07, 6.45) is 6.48. The lowest BCUT2D eigenvalue weighted by molar-refractivity contribution is 0.537. The van der Waals surface area contributed by atoms with Gasteiger partial charge in [0.15, 0.2) is 0 Å². The summed E-state index contributed by atoms with van der Waals surface area (Å²) in [7, 11) is -0.633. The number of rotatable bonds is 4. The molecule has 70 valence electrons. The summed E-state index contributed by atoms with van der Waals surface area (Å²) in [5.41, 5.74) is 2.49. The van der Waals surface area contributed by atoms with Crippen molar-refractivity contribution in [2.45, 2.75) is 39.2 Å². The van der Waals surface area contributed by atoms with Gasteiger partial charge in [0, 0.05) is 0 Å². The van der Waals surface area contributed by atoms with Crippen molar-refractivity contribution >= 4 is 8.96 Å². The summed E-state index contributed by atoms with van der Waals surface area (Å²) in [5, 5.41) is 0. The minimum atomic E-state index is -0.633. The monoisotopic (exact) mass is 183 g/mol. The minimum absolute atomic E-state index is 0.633. The molecule has 1 aliphatic rings. The Labute approximate surface area is 78.1 Å². The predicted molar refractivity (Wildman–Crippen MR) is 57.9 cm³/mol. The van der Waals surface area contributed by atoms with Gasteiger partial charge in [-0.25, -0.2) is 0 Å². The first-order valence-electron chi connectivity index (χ1n) is 5.25. The van der Waals surface area contributed by atoms with Gasteiger partial charge in [0.1, 0.15) is 8.96 Å². The number of hydrogen-bond donors (Lipinski definition) is 0. The summed E-state index contributed by atoms with van der Waals surface area (Å²) in [6, 6.07) is 1.46. The first-order valence-corrected chi connectivity index (χ1v) is 7.25. The third-order valence-corrected chi connectivity index (χ3v) is 6.06. The van der Waals surface area contributed by atoms with Crippen LogP contribution >= 0.6 is 0 Å². The van der Waals surface area contributed by atoms with Crippen LogP contribution in [0, 0.1) is 0 Å². The standard InChI is InChI=1S/C10H21NSi/c1-3-9-12(10-4-2)11-7-5-6-8-11/h3,9,12H,4-8,10H2,1-2H3. The summed E-state index contributed by atoms with van der Waals surface area (Å²) in [6.45, 7) is 7.22. The molecular weight excluding hydrogens is 162 g/mol. The molecule has 0 saturated carbocycles. The fraction of sp³-hybridized carbons (Fsp3) is 0.800. The molecule has 1 fully saturated rings. The van der Waals surface area contributed by atoms with E-state index in [4.69, 9.17) is 0 Å². The molecule has 0 radical (unpaired) electrons. The smallest absolute Gasteiger partial charge is 0.136 e. The zero-order chi connectivity index (χ0) is 8.81. The van der Waals surface area contributed by atoms with E-state index in [0.717, 1.165) is 0 Å². The Morgan fingerprint density at radius 1 is 1.33 bits per heavy atom. The largest absolute Gasteiger partial charge is 0.323 e. The van der Waals surface area contributed by atoms with Gasteiger partial charge in [-0.1, -0.05) is 25.1 Å². The molecule has 1 aliphatic heterocycles. The molecule has 12 heavy (non-hydrogen) atoms. The Hall–Kier alpha value is -0.0831. The van der Waals surface area contributed by atoms with Crippen LogP contribution in [0.2, 0.25) is 6.04 Å². The molecular formula is C10H21NSi. The molecule has 0 bridgehead atoms. The van der Waals surface area contributed by atoms with Gasteiger partial charge in [-0.05, 0) is 38.9 Å². The van der Waals surface area contributed by atoms with Gasteiger partial charge in [0.05, 0.1) is 0 Å². The average molecular weight is 183 g/mol. The van der Waals surface area contributed by atoms with Crippen LogP contribution in [0.15, 0.2) is 11.8 Å². The van der Waals surface area contributed by atoms with Crippen molar-refractivity contribution in [3.8, 4) is 0 Å². The van der Waals surface area contributed by atoms with Crippen LogP contribution in [0.5, 0.6) is 0 Å². The average Bonchev–Trinajstić information content (AvgIpc) is 2.56. The van der Waals surface area contributed by atoms with Crippen molar-refractivity contribution in [2.75, 3.05) is 13.1 Å². The van der Waals surface area contributed by atoms with E-state index >= 15 is 0 Å². The van der Waals surface area contributed by atoms with Crippen molar-refractivity contribution in [3.05, 3.63) is 11.8 Å². The second-order valence-corrected chi connectivity index (χ2v) is 6.45. The van der Waals surface area contributed by atoms with Gasteiger partial charge in [-0.2, -0.15) is 0 Å².